The zero-order chi connectivity index (χ0) is 19.0. The Morgan fingerprint density at radius 2 is 1.78 bits per heavy atom. The Kier molecular flexibility index (Phi) is 4.61. The Morgan fingerprint density at radius 1 is 1.07 bits per heavy atom. The van der Waals surface area contributed by atoms with Crippen LogP contribution in [-0.2, 0) is 11.3 Å². The van der Waals surface area contributed by atoms with Crippen LogP contribution in [-0.4, -0.2) is 46.2 Å². The number of nitrogens with one attached hydrogen (secondary N) is 1. The van der Waals surface area contributed by atoms with Crippen LogP contribution in [0.4, 0.5) is 4.79 Å². The van der Waals surface area contributed by atoms with Gasteiger partial charge in [-0.2, -0.15) is 0 Å². The number of benzene rings is 2. The van der Waals surface area contributed by atoms with Crippen molar-refractivity contribution >= 4 is 28.9 Å². The van der Waals surface area contributed by atoms with Crippen LogP contribution in [0.15, 0.2) is 64.5 Å². The molecule has 2 aliphatic rings. The molecule has 0 aliphatic carbocycles. The highest BCUT2D eigenvalue weighted by Gasteiger charge is 2.48. The van der Waals surface area contributed by atoms with Crippen LogP contribution in [0.25, 0.3) is 0 Å². The third-order valence-corrected chi connectivity index (χ3v) is 5.78. The molecule has 0 spiro atoms. The minimum Gasteiger partial charge on any atom is -0.331 e. The van der Waals surface area contributed by atoms with Crippen LogP contribution < -0.4 is 5.32 Å². The van der Waals surface area contributed by atoms with Crippen molar-refractivity contribution in [2.24, 2.45) is 4.99 Å². The van der Waals surface area contributed by atoms with Gasteiger partial charge in [-0.25, -0.2) is 9.79 Å². The van der Waals surface area contributed by atoms with E-state index in [1.807, 2.05) is 42.2 Å². The first kappa shape index (κ1) is 17.6. The van der Waals surface area contributed by atoms with E-state index in [1.54, 1.807) is 7.05 Å². The van der Waals surface area contributed by atoms with Crippen molar-refractivity contribution in [2.45, 2.75) is 30.6 Å². The summed E-state index contributed by atoms with van der Waals surface area (Å²) in [6.45, 7) is 2.60. The predicted molar refractivity (Wildman–Crippen MR) is 105 cm³/mol. The Hall–Kier alpha value is -2.80. The van der Waals surface area contributed by atoms with E-state index in [1.165, 1.54) is 22.2 Å². The van der Waals surface area contributed by atoms with Gasteiger partial charge < -0.3 is 9.80 Å². The maximum Gasteiger partial charge on any atom is 0.325 e. The molecule has 2 aromatic rings. The number of rotatable bonds is 3. The summed E-state index contributed by atoms with van der Waals surface area (Å²) in [5, 5.41) is 3.18. The molecule has 0 saturated carbocycles. The molecule has 2 aliphatic heterocycles. The van der Waals surface area contributed by atoms with Crippen molar-refractivity contribution in [1.82, 2.24) is 15.1 Å². The van der Waals surface area contributed by atoms with Crippen LogP contribution in [0.2, 0.25) is 0 Å². The number of carbonyl (C=O) groups is 2. The molecule has 4 rings (SSSR count). The summed E-state index contributed by atoms with van der Waals surface area (Å²) >= 11 is 1.51. The first-order chi connectivity index (χ1) is 13.0. The summed E-state index contributed by atoms with van der Waals surface area (Å²) in [5.74, 6) is -0.303. The SMILES string of the molecule is Cc1ccc(CN2C(Sc3ccccc3)=NC3C2C(=O)NC(=O)N3C)cc1. The van der Waals surface area contributed by atoms with Gasteiger partial charge in [0.25, 0.3) is 5.91 Å². The van der Waals surface area contributed by atoms with E-state index in [-0.39, 0.29) is 5.91 Å². The highest BCUT2D eigenvalue weighted by Crippen LogP contribution is 2.33. The molecule has 6 nitrogen and oxygen atoms in total. The smallest absolute Gasteiger partial charge is 0.325 e. The Labute approximate surface area is 162 Å². The molecule has 27 heavy (non-hydrogen) atoms. The lowest BCUT2D eigenvalue weighted by Crippen LogP contribution is -2.63. The fourth-order valence-corrected chi connectivity index (χ4v) is 4.20. The van der Waals surface area contributed by atoms with Gasteiger partial charge in [-0.15, -0.1) is 0 Å². The van der Waals surface area contributed by atoms with Crippen LogP contribution in [0.3, 0.4) is 0 Å². The Bertz CT molecular complexity index is 898. The number of hydrogen-bond acceptors (Lipinski definition) is 5. The Morgan fingerprint density at radius 3 is 2.48 bits per heavy atom. The summed E-state index contributed by atoms with van der Waals surface area (Å²) in [4.78, 5) is 33.9. The molecule has 1 fully saturated rings. The highest BCUT2D eigenvalue weighted by molar-refractivity contribution is 8.13. The van der Waals surface area contributed by atoms with Crippen molar-refractivity contribution in [3.8, 4) is 0 Å². The van der Waals surface area contributed by atoms with Gasteiger partial charge in [0.15, 0.2) is 17.4 Å². The van der Waals surface area contributed by atoms with Gasteiger partial charge in [-0.3, -0.25) is 10.1 Å². The van der Waals surface area contributed by atoms with Gasteiger partial charge in [0.1, 0.15) is 0 Å². The van der Waals surface area contributed by atoms with E-state index in [9.17, 15) is 9.59 Å². The molecule has 2 atom stereocenters. The second kappa shape index (κ2) is 7.08. The largest absolute Gasteiger partial charge is 0.331 e. The summed E-state index contributed by atoms with van der Waals surface area (Å²) in [5.41, 5.74) is 2.28. The average Bonchev–Trinajstić information content (AvgIpc) is 3.01. The Balaban J connectivity index is 1.67. The number of fused-ring (bicyclic) bond motifs is 1. The number of thioether (sulfide) groups is 1. The average molecular weight is 380 g/mol. The zero-order valence-corrected chi connectivity index (χ0v) is 15.9. The lowest BCUT2D eigenvalue weighted by molar-refractivity contribution is -0.127. The maximum atomic E-state index is 12.6. The van der Waals surface area contributed by atoms with Crippen LogP contribution in [0.1, 0.15) is 11.1 Å². The van der Waals surface area contributed by atoms with E-state index < -0.39 is 18.2 Å². The lowest BCUT2D eigenvalue weighted by atomic mass is 10.1. The minimum atomic E-state index is -0.528. The third-order valence-electron chi connectivity index (χ3n) is 4.75. The molecule has 7 heteroatoms. The van der Waals surface area contributed by atoms with Crippen LogP contribution >= 0.6 is 11.8 Å². The standard InChI is InChI=1S/C20H20N4O2S/c1-13-8-10-14(11-9-13)12-24-16-17(23(2)19(26)22-18(16)25)21-20(24)27-15-6-4-3-5-7-15/h3-11,16-17H,12H2,1-2H3,(H,22,25,26). The van der Waals surface area contributed by atoms with Gasteiger partial charge in [-0.1, -0.05) is 59.8 Å². The molecule has 2 aromatic carbocycles. The van der Waals surface area contributed by atoms with Gasteiger partial charge in [-0.05, 0) is 24.6 Å². The second-order valence-corrected chi connectivity index (χ2v) is 7.74. The fourth-order valence-electron chi connectivity index (χ4n) is 3.24. The van der Waals surface area contributed by atoms with E-state index in [2.05, 4.69) is 29.6 Å². The number of aryl methyl sites for hydroxylation is 1. The fraction of sp³-hybridized carbons (Fsp3) is 0.250. The normalized spacial score (nSPS) is 21.8. The topological polar surface area (TPSA) is 65.0 Å². The summed E-state index contributed by atoms with van der Waals surface area (Å²) < 4.78 is 0. The van der Waals surface area contributed by atoms with Gasteiger partial charge in [0.05, 0.1) is 0 Å². The molecular formula is C20H20N4O2S. The maximum absolute atomic E-state index is 12.6. The molecule has 1 saturated heterocycles. The monoisotopic (exact) mass is 380 g/mol. The predicted octanol–water partition coefficient (Wildman–Crippen LogP) is 2.84. The third kappa shape index (κ3) is 3.42. The van der Waals surface area contributed by atoms with Gasteiger partial charge >= 0.3 is 6.03 Å². The van der Waals surface area contributed by atoms with Crippen molar-refractivity contribution in [1.29, 1.82) is 0 Å². The van der Waals surface area contributed by atoms with Crippen molar-refractivity contribution < 1.29 is 9.59 Å². The van der Waals surface area contributed by atoms with E-state index in [4.69, 9.17) is 4.99 Å². The van der Waals surface area contributed by atoms with Crippen LogP contribution in [0, 0.1) is 6.92 Å². The number of urea groups is 1. The molecule has 1 N–H and O–H groups in total. The molecule has 2 heterocycles. The van der Waals surface area contributed by atoms with Crippen molar-refractivity contribution in [3.63, 3.8) is 0 Å². The zero-order valence-electron chi connectivity index (χ0n) is 15.1. The van der Waals surface area contributed by atoms with E-state index in [0.29, 0.717) is 6.54 Å². The number of carbonyl (C=O) groups excluding carboxylic acids is 2. The number of amidine groups is 1. The summed E-state index contributed by atoms with van der Waals surface area (Å²) in [6, 6.07) is 17.2. The molecule has 138 valence electrons. The number of imide groups is 1. The number of nitrogens with zero attached hydrogens (tertiary/aromatic N) is 3. The first-order valence-corrected chi connectivity index (χ1v) is 9.55. The molecule has 0 bridgehead atoms. The number of likely N-dealkylation sites (N-methyl/N-ethyl adjacent to an activating group) is 1. The molecule has 3 amide bonds. The summed E-state index contributed by atoms with van der Waals surface area (Å²) in [6.07, 6.45) is -0.511. The second-order valence-electron chi connectivity index (χ2n) is 6.70. The van der Waals surface area contributed by atoms with Gasteiger partial charge in [0.2, 0.25) is 0 Å². The molecule has 0 aromatic heterocycles. The quantitative estimate of drug-likeness (QED) is 0.889. The van der Waals surface area contributed by atoms with E-state index >= 15 is 0 Å². The highest BCUT2D eigenvalue weighted by atomic mass is 32.2. The number of aliphatic imine (C=N–C) groups is 1. The number of amides is 3. The van der Waals surface area contributed by atoms with Gasteiger partial charge in [0, 0.05) is 18.5 Å². The molecule has 2 unspecified atom stereocenters. The number of hydrogen-bond donors (Lipinski definition) is 1. The van der Waals surface area contributed by atoms with E-state index in [0.717, 1.165) is 15.6 Å². The summed E-state index contributed by atoms with van der Waals surface area (Å²) in [7, 11) is 1.67. The minimum absolute atomic E-state index is 0.303. The molecule has 0 radical (unpaired) electrons. The van der Waals surface area contributed by atoms with Crippen molar-refractivity contribution in [3.05, 3.63) is 65.7 Å². The lowest BCUT2D eigenvalue weighted by Gasteiger charge is -2.36. The van der Waals surface area contributed by atoms with Crippen LogP contribution in [0.5, 0.6) is 0 Å². The first-order valence-electron chi connectivity index (χ1n) is 8.73. The molecular weight excluding hydrogens is 360 g/mol. The van der Waals surface area contributed by atoms with Crippen molar-refractivity contribution in [2.75, 3.05) is 7.05 Å².